The highest BCUT2D eigenvalue weighted by Crippen LogP contribution is 2.21. The first-order chi connectivity index (χ1) is 13.5. The Kier molecular flexibility index (Phi) is 4.87. The molecule has 1 saturated heterocycles. The number of benzene rings is 1. The monoisotopic (exact) mass is 396 g/mol. The van der Waals surface area contributed by atoms with Crippen LogP contribution in [0.1, 0.15) is 10.4 Å². The Balaban J connectivity index is 1.41. The summed E-state index contributed by atoms with van der Waals surface area (Å²) in [7, 11) is 1.67. The van der Waals surface area contributed by atoms with Crippen molar-refractivity contribution < 1.29 is 14.4 Å². The Bertz CT molecular complexity index is 1030. The second kappa shape index (κ2) is 7.47. The Morgan fingerprint density at radius 2 is 2.04 bits per heavy atom. The lowest BCUT2D eigenvalue weighted by atomic mass is 10.1. The molecule has 0 aliphatic carbocycles. The van der Waals surface area contributed by atoms with E-state index in [-0.39, 0.29) is 18.4 Å². The van der Waals surface area contributed by atoms with Crippen molar-refractivity contribution in [3.63, 3.8) is 0 Å². The van der Waals surface area contributed by atoms with Gasteiger partial charge in [-0.1, -0.05) is 24.3 Å². The number of hydrogen-bond donors (Lipinski definition) is 2. The fourth-order valence-corrected chi connectivity index (χ4v) is 4.12. The molecule has 0 saturated carbocycles. The maximum atomic E-state index is 12.7. The van der Waals surface area contributed by atoms with Crippen LogP contribution < -0.4 is 5.32 Å². The summed E-state index contributed by atoms with van der Waals surface area (Å²) in [5.41, 5.74) is 1.94. The molecule has 2 N–H and O–H groups in total. The summed E-state index contributed by atoms with van der Waals surface area (Å²) >= 11 is 1.56. The zero-order chi connectivity index (χ0) is 19.7. The molecule has 0 radical (unpaired) electrons. The van der Waals surface area contributed by atoms with Crippen LogP contribution >= 0.6 is 11.3 Å². The Morgan fingerprint density at radius 1 is 1.21 bits per heavy atom. The lowest BCUT2D eigenvalue weighted by Gasteiger charge is -2.19. The van der Waals surface area contributed by atoms with Crippen LogP contribution in [0.25, 0.3) is 10.9 Å². The van der Waals surface area contributed by atoms with Crippen LogP contribution in [-0.2, 0) is 22.6 Å². The van der Waals surface area contributed by atoms with Crippen molar-refractivity contribution in [2.24, 2.45) is 0 Å². The zero-order valence-corrected chi connectivity index (χ0v) is 16.2. The highest BCUT2D eigenvalue weighted by molar-refractivity contribution is 7.09. The van der Waals surface area contributed by atoms with Gasteiger partial charge in [0, 0.05) is 35.4 Å². The molecular weight excluding hydrogens is 376 g/mol. The number of amides is 4. The number of nitrogens with one attached hydrogen (secondary N) is 2. The van der Waals surface area contributed by atoms with E-state index in [4.69, 9.17) is 0 Å². The van der Waals surface area contributed by atoms with Crippen LogP contribution in [0.2, 0.25) is 0 Å². The third kappa shape index (κ3) is 3.50. The van der Waals surface area contributed by atoms with E-state index in [1.165, 1.54) is 4.90 Å². The third-order valence-corrected chi connectivity index (χ3v) is 5.76. The van der Waals surface area contributed by atoms with Crippen molar-refractivity contribution >= 4 is 40.1 Å². The lowest BCUT2D eigenvalue weighted by molar-refractivity contribution is -0.136. The molecule has 1 aliphatic heterocycles. The number of thiophene rings is 1. The van der Waals surface area contributed by atoms with Gasteiger partial charge in [-0.15, -0.1) is 11.3 Å². The number of hydrogen-bond acceptors (Lipinski definition) is 4. The quantitative estimate of drug-likeness (QED) is 0.627. The molecule has 4 amide bonds. The van der Waals surface area contributed by atoms with Gasteiger partial charge in [-0.2, -0.15) is 0 Å². The fraction of sp³-hybridized carbons (Fsp3) is 0.250. The van der Waals surface area contributed by atoms with Crippen molar-refractivity contribution in [2.75, 3.05) is 13.6 Å². The molecule has 2 aromatic heterocycles. The number of imide groups is 1. The number of rotatable bonds is 6. The summed E-state index contributed by atoms with van der Waals surface area (Å²) in [5, 5.41) is 5.67. The van der Waals surface area contributed by atoms with Crippen molar-refractivity contribution in [1.29, 1.82) is 0 Å². The highest BCUT2D eigenvalue weighted by atomic mass is 32.1. The standard InChI is InChI=1S/C20H20N4O3S/c1-23(11-14-5-4-8-28-14)18(25)12-24-19(26)17(22-20(24)27)9-13-10-21-16-7-3-2-6-15(13)16/h2-8,10,17,21H,9,11-12H2,1H3,(H,22,27)/t17-/m0/s1. The first kappa shape index (κ1) is 18.2. The summed E-state index contributed by atoms with van der Waals surface area (Å²) in [6, 6.07) is 10.5. The molecule has 8 heteroatoms. The van der Waals surface area contributed by atoms with Gasteiger partial charge in [0.2, 0.25) is 5.91 Å². The number of urea groups is 1. The third-order valence-electron chi connectivity index (χ3n) is 4.90. The van der Waals surface area contributed by atoms with Crippen LogP contribution in [0.15, 0.2) is 48.0 Å². The number of likely N-dealkylation sites (N-methyl/N-ethyl adjacent to an activating group) is 1. The molecular formula is C20H20N4O3S. The first-order valence-corrected chi connectivity index (χ1v) is 9.84. The van der Waals surface area contributed by atoms with Crippen molar-refractivity contribution in [2.45, 2.75) is 19.0 Å². The predicted octanol–water partition coefficient (Wildman–Crippen LogP) is 2.35. The number of nitrogens with zero attached hydrogens (tertiary/aromatic N) is 2. The molecule has 1 fully saturated rings. The summed E-state index contributed by atoms with van der Waals surface area (Å²) < 4.78 is 0. The summed E-state index contributed by atoms with van der Waals surface area (Å²) in [6.45, 7) is 0.204. The molecule has 0 spiro atoms. The Labute approximate surface area is 165 Å². The molecule has 144 valence electrons. The van der Waals surface area contributed by atoms with Crippen LogP contribution in [-0.4, -0.2) is 52.3 Å². The van der Waals surface area contributed by atoms with Crippen LogP contribution in [0.5, 0.6) is 0 Å². The lowest BCUT2D eigenvalue weighted by Crippen LogP contribution is -2.41. The average Bonchev–Trinajstić information content (AvgIpc) is 3.39. The second-order valence-electron chi connectivity index (χ2n) is 6.82. The molecule has 3 heterocycles. The van der Waals surface area contributed by atoms with E-state index in [1.807, 2.05) is 48.0 Å². The summed E-state index contributed by atoms with van der Waals surface area (Å²) in [5.74, 6) is -0.641. The minimum atomic E-state index is -0.665. The van der Waals surface area contributed by atoms with Gasteiger partial charge in [-0.05, 0) is 23.1 Å². The largest absolute Gasteiger partial charge is 0.361 e. The number of fused-ring (bicyclic) bond motifs is 1. The number of aromatic nitrogens is 1. The molecule has 1 aliphatic rings. The topological polar surface area (TPSA) is 85.5 Å². The van der Waals surface area contributed by atoms with E-state index >= 15 is 0 Å². The van der Waals surface area contributed by atoms with E-state index in [9.17, 15) is 14.4 Å². The van der Waals surface area contributed by atoms with Gasteiger partial charge < -0.3 is 15.2 Å². The number of carbonyl (C=O) groups is 3. The number of H-pyrrole nitrogens is 1. The smallest absolute Gasteiger partial charge is 0.325 e. The van der Waals surface area contributed by atoms with Gasteiger partial charge in [0.25, 0.3) is 5.91 Å². The molecule has 1 aromatic carbocycles. The predicted molar refractivity (Wildman–Crippen MR) is 107 cm³/mol. The van der Waals surface area contributed by atoms with E-state index in [0.717, 1.165) is 26.2 Å². The van der Waals surface area contributed by atoms with E-state index < -0.39 is 12.1 Å². The number of carbonyl (C=O) groups excluding carboxylic acids is 3. The fourth-order valence-electron chi connectivity index (χ4n) is 3.37. The maximum absolute atomic E-state index is 12.7. The van der Waals surface area contributed by atoms with E-state index in [0.29, 0.717) is 13.0 Å². The Hall–Kier alpha value is -3.13. The minimum Gasteiger partial charge on any atom is -0.361 e. The van der Waals surface area contributed by atoms with E-state index in [1.54, 1.807) is 18.4 Å². The van der Waals surface area contributed by atoms with Crippen LogP contribution in [0, 0.1) is 0 Å². The molecule has 3 aromatic rings. The molecule has 28 heavy (non-hydrogen) atoms. The number of aromatic amines is 1. The molecule has 0 unspecified atom stereocenters. The molecule has 4 rings (SSSR count). The summed E-state index contributed by atoms with van der Waals surface area (Å²) in [4.78, 5) is 44.2. The highest BCUT2D eigenvalue weighted by Gasteiger charge is 2.39. The SMILES string of the molecule is CN(Cc1cccs1)C(=O)CN1C(=O)N[C@@H](Cc2c[nH]c3ccccc23)C1=O. The molecule has 1 atom stereocenters. The Morgan fingerprint density at radius 3 is 2.82 bits per heavy atom. The normalized spacial score (nSPS) is 16.6. The summed E-state index contributed by atoms with van der Waals surface area (Å²) in [6.07, 6.45) is 2.23. The van der Waals surface area contributed by atoms with Crippen molar-refractivity contribution in [1.82, 2.24) is 20.1 Å². The van der Waals surface area contributed by atoms with Gasteiger partial charge in [-0.3, -0.25) is 14.5 Å². The van der Waals surface area contributed by atoms with Crippen molar-refractivity contribution in [3.05, 3.63) is 58.4 Å². The van der Waals surface area contributed by atoms with Gasteiger partial charge >= 0.3 is 6.03 Å². The van der Waals surface area contributed by atoms with Gasteiger partial charge in [0.1, 0.15) is 12.6 Å². The first-order valence-electron chi connectivity index (χ1n) is 8.96. The number of para-hydroxylation sites is 1. The van der Waals surface area contributed by atoms with Gasteiger partial charge in [0.15, 0.2) is 0 Å². The van der Waals surface area contributed by atoms with Gasteiger partial charge in [-0.25, -0.2) is 4.79 Å². The van der Waals surface area contributed by atoms with Crippen LogP contribution in [0.4, 0.5) is 4.79 Å². The van der Waals surface area contributed by atoms with Crippen LogP contribution in [0.3, 0.4) is 0 Å². The molecule has 7 nitrogen and oxygen atoms in total. The minimum absolute atomic E-state index is 0.253. The van der Waals surface area contributed by atoms with E-state index in [2.05, 4.69) is 10.3 Å². The van der Waals surface area contributed by atoms with Gasteiger partial charge in [0.05, 0.1) is 6.54 Å². The zero-order valence-electron chi connectivity index (χ0n) is 15.3. The molecule has 0 bridgehead atoms. The average molecular weight is 396 g/mol. The van der Waals surface area contributed by atoms with Crippen molar-refractivity contribution in [3.8, 4) is 0 Å². The second-order valence-corrected chi connectivity index (χ2v) is 7.85. The maximum Gasteiger partial charge on any atom is 0.325 e.